The van der Waals surface area contributed by atoms with Gasteiger partial charge in [-0.1, -0.05) is 59.7 Å². The first kappa shape index (κ1) is 15.7. The normalized spacial score (nSPS) is 13.1. The lowest BCUT2D eigenvalue weighted by Crippen LogP contribution is -2.28. The molecule has 0 spiro atoms. The largest absolute Gasteiger partial charge is 0.216 e. The minimum absolute atomic E-state index is 0.00345. The average molecular weight is 303 g/mol. The van der Waals surface area contributed by atoms with E-state index in [2.05, 4.69) is 4.72 Å². The van der Waals surface area contributed by atoms with Crippen LogP contribution >= 0.6 is 0 Å². The molecule has 0 unspecified atom stereocenters. The van der Waals surface area contributed by atoms with E-state index in [1.807, 2.05) is 69.3 Å². The molecule has 3 nitrogen and oxygen atoms in total. The summed E-state index contributed by atoms with van der Waals surface area (Å²) < 4.78 is 27.2. The van der Waals surface area contributed by atoms with Gasteiger partial charge >= 0.3 is 0 Å². The fraction of sp³-hybridized carbons (Fsp3) is 0.294. The summed E-state index contributed by atoms with van der Waals surface area (Å²) in [6.07, 6.45) is 0. The minimum Gasteiger partial charge on any atom is -0.212 e. The lowest BCUT2D eigenvalue weighted by atomic mass is 10.1. The molecule has 0 fully saturated rings. The zero-order valence-corrected chi connectivity index (χ0v) is 13.4. The molecule has 0 aromatic heterocycles. The Morgan fingerprint density at radius 3 is 1.90 bits per heavy atom. The first-order valence-corrected chi connectivity index (χ1v) is 8.63. The van der Waals surface area contributed by atoms with Gasteiger partial charge in [0.1, 0.15) is 0 Å². The van der Waals surface area contributed by atoms with Crippen LogP contribution in [0.3, 0.4) is 0 Å². The van der Waals surface area contributed by atoms with Gasteiger partial charge in [-0.3, -0.25) is 0 Å². The van der Waals surface area contributed by atoms with Crippen LogP contribution in [0.5, 0.6) is 0 Å². The molecule has 0 heterocycles. The van der Waals surface area contributed by atoms with Gasteiger partial charge in [0, 0.05) is 6.04 Å². The Balaban J connectivity index is 2.06. The third-order valence-electron chi connectivity index (χ3n) is 3.41. The molecular formula is C17H21NO2S. The summed E-state index contributed by atoms with van der Waals surface area (Å²) in [6.45, 7) is 5.85. The van der Waals surface area contributed by atoms with Crippen molar-refractivity contribution in [3.8, 4) is 0 Å². The highest BCUT2D eigenvalue weighted by molar-refractivity contribution is 7.88. The van der Waals surface area contributed by atoms with Crippen molar-refractivity contribution in [1.29, 1.82) is 0 Å². The Bertz CT molecular complexity index is 689. The number of aryl methyl sites for hydroxylation is 2. The van der Waals surface area contributed by atoms with Crippen molar-refractivity contribution in [1.82, 2.24) is 4.72 Å². The quantitative estimate of drug-likeness (QED) is 0.919. The number of benzene rings is 2. The Morgan fingerprint density at radius 1 is 0.905 bits per heavy atom. The van der Waals surface area contributed by atoms with E-state index in [1.165, 1.54) is 0 Å². The van der Waals surface area contributed by atoms with Crippen molar-refractivity contribution in [3.05, 3.63) is 70.8 Å². The van der Waals surface area contributed by atoms with E-state index in [-0.39, 0.29) is 11.8 Å². The summed E-state index contributed by atoms with van der Waals surface area (Å²) in [5.41, 5.74) is 4.04. The van der Waals surface area contributed by atoms with Crippen LogP contribution in [0.2, 0.25) is 0 Å². The van der Waals surface area contributed by atoms with E-state index in [1.54, 1.807) is 0 Å². The molecule has 1 atom stereocenters. The second kappa shape index (κ2) is 6.41. The Kier molecular flexibility index (Phi) is 4.80. The van der Waals surface area contributed by atoms with Crippen molar-refractivity contribution in [2.24, 2.45) is 0 Å². The molecule has 0 radical (unpaired) electrons. The van der Waals surface area contributed by atoms with E-state index in [9.17, 15) is 8.42 Å². The van der Waals surface area contributed by atoms with Gasteiger partial charge < -0.3 is 0 Å². The molecule has 0 saturated heterocycles. The van der Waals surface area contributed by atoms with Crippen molar-refractivity contribution in [2.75, 3.05) is 0 Å². The van der Waals surface area contributed by atoms with Crippen LogP contribution in [0.1, 0.15) is 35.2 Å². The summed E-state index contributed by atoms with van der Waals surface area (Å²) in [5.74, 6) is 0.00345. The van der Waals surface area contributed by atoms with Gasteiger partial charge in [0.25, 0.3) is 0 Å². The van der Waals surface area contributed by atoms with Crippen molar-refractivity contribution < 1.29 is 8.42 Å². The third-order valence-corrected chi connectivity index (χ3v) is 4.84. The van der Waals surface area contributed by atoms with Crippen LogP contribution in [0.15, 0.2) is 48.5 Å². The molecule has 0 saturated carbocycles. The highest BCUT2D eigenvalue weighted by Gasteiger charge is 2.16. The lowest BCUT2D eigenvalue weighted by molar-refractivity contribution is 0.566. The highest BCUT2D eigenvalue weighted by Crippen LogP contribution is 2.16. The van der Waals surface area contributed by atoms with E-state index >= 15 is 0 Å². The molecule has 21 heavy (non-hydrogen) atoms. The standard InChI is InChI=1S/C17H21NO2S/c1-13-4-8-16(9-5-13)12-21(19,20)18-15(3)17-10-6-14(2)7-11-17/h4-11,15,18H,12H2,1-3H3/t15-/m0/s1. The van der Waals surface area contributed by atoms with E-state index in [0.29, 0.717) is 0 Å². The van der Waals surface area contributed by atoms with Gasteiger partial charge in [0.2, 0.25) is 10.0 Å². The molecular weight excluding hydrogens is 282 g/mol. The second-order valence-electron chi connectivity index (χ2n) is 5.49. The third kappa shape index (κ3) is 4.69. The van der Waals surface area contributed by atoms with E-state index in [0.717, 1.165) is 22.3 Å². The topological polar surface area (TPSA) is 46.2 Å². The molecule has 0 aliphatic heterocycles. The van der Waals surface area contributed by atoms with Crippen LogP contribution in [-0.4, -0.2) is 8.42 Å². The molecule has 0 bridgehead atoms. The molecule has 0 aliphatic rings. The molecule has 1 N–H and O–H groups in total. The van der Waals surface area contributed by atoms with Crippen LogP contribution in [0.25, 0.3) is 0 Å². The SMILES string of the molecule is Cc1ccc(CS(=O)(=O)N[C@@H](C)c2ccc(C)cc2)cc1. The van der Waals surface area contributed by atoms with Crippen molar-refractivity contribution in [3.63, 3.8) is 0 Å². The van der Waals surface area contributed by atoms with Crippen LogP contribution < -0.4 is 4.72 Å². The maximum Gasteiger partial charge on any atom is 0.216 e. The average Bonchev–Trinajstić information content (AvgIpc) is 2.41. The minimum atomic E-state index is -3.35. The first-order chi connectivity index (χ1) is 9.85. The van der Waals surface area contributed by atoms with Crippen LogP contribution in [0, 0.1) is 13.8 Å². The molecule has 0 aliphatic carbocycles. The van der Waals surface area contributed by atoms with Gasteiger partial charge in [-0.25, -0.2) is 13.1 Å². The van der Waals surface area contributed by atoms with Gasteiger partial charge in [0.15, 0.2) is 0 Å². The molecule has 112 valence electrons. The summed E-state index contributed by atoms with van der Waals surface area (Å²) >= 11 is 0. The van der Waals surface area contributed by atoms with Crippen molar-refractivity contribution in [2.45, 2.75) is 32.6 Å². The molecule has 0 amide bonds. The van der Waals surface area contributed by atoms with Gasteiger partial charge in [-0.05, 0) is 31.9 Å². The molecule has 2 aromatic carbocycles. The Hall–Kier alpha value is -1.65. The predicted octanol–water partition coefficient (Wildman–Crippen LogP) is 3.48. The maximum atomic E-state index is 12.2. The highest BCUT2D eigenvalue weighted by atomic mass is 32.2. The number of sulfonamides is 1. The summed E-state index contributed by atoms with van der Waals surface area (Å²) in [7, 11) is -3.35. The fourth-order valence-electron chi connectivity index (χ4n) is 2.14. The maximum absolute atomic E-state index is 12.2. The lowest BCUT2D eigenvalue weighted by Gasteiger charge is -2.15. The van der Waals surface area contributed by atoms with E-state index < -0.39 is 10.0 Å². The van der Waals surface area contributed by atoms with Crippen molar-refractivity contribution >= 4 is 10.0 Å². The summed E-state index contributed by atoms with van der Waals surface area (Å²) in [4.78, 5) is 0. The molecule has 2 aromatic rings. The number of rotatable bonds is 5. The van der Waals surface area contributed by atoms with Crippen LogP contribution in [-0.2, 0) is 15.8 Å². The molecule has 4 heteroatoms. The zero-order chi connectivity index (χ0) is 15.5. The molecule has 2 rings (SSSR count). The Labute approximate surface area is 127 Å². The van der Waals surface area contributed by atoms with Gasteiger partial charge in [-0.15, -0.1) is 0 Å². The zero-order valence-electron chi connectivity index (χ0n) is 12.6. The Morgan fingerprint density at radius 2 is 1.38 bits per heavy atom. The van der Waals surface area contributed by atoms with Crippen LogP contribution in [0.4, 0.5) is 0 Å². The smallest absolute Gasteiger partial charge is 0.212 e. The first-order valence-electron chi connectivity index (χ1n) is 6.98. The second-order valence-corrected chi connectivity index (χ2v) is 7.25. The number of hydrogen-bond acceptors (Lipinski definition) is 2. The summed E-state index contributed by atoms with van der Waals surface area (Å²) in [6, 6.07) is 15.2. The fourth-order valence-corrected chi connectivity index (χ4v) is 3.53. The number of hydrogen-bond donors (Lipinski definition) is 1. The number of nitrogens with one attached hydrogen (secondary N) is 1. The summed E-state index contributed by atoms with van der Waals surface area (Å²) in [5, 5.41) is 0. The van der Waals surface area contributed by atoms with E-state index in [4.69, 9.17) is 0 Å². The van der Waals surface area contributed by atoms with Gasteiger partial charge in [-0.2, -0.15) is 0 Å². The van der Waals surface area contributed by atoms with Gasteiger partial charge in [0.05, 0.1) is 5.75 Å². The predicted molar refractivity (Wildman–Crippen MR) is 86.5 cm³/mol. The monoisotopic (exact) mass is 303 g/mol.